The molecule has 0 bridgehead atoms. The highest BCUT2D eigenvalue weighted by Gasteiger charge is 2.06. The molecule has 0 aliphatic heterocycles. The molecule has 1 N–H and O–H groups in total. The maximum Gasteiger partial charge on any atom is 0.147 e. The van der Waals surface area contributed by atoms with E-state index in [-0.39, 0.29) is 0 Å². The average molecular weight is 311 g/mol. The van der Waals surface area contributed by atoms with Gasteiger partial charge in [-0.25, -0.2) is 4.98 Å². The van der Waals surface area contributed by atoms with Gasteiger partial charge in [0, 0.05) is 18.5 Å². The first kappa shape index (κ1) is 15.2. The van der Waals surface area contributed by atoms with Crippen LogP contribution in [0.1, 0.15) is 23.9 Å². The highest BCUT2D eigenvalue weighted by Crippen LogP contribution is 2.23. The van der Waals surface area contributed by atoms with E-state index < -0.39 is 0 Å². The third-order valence-corrected chi connectivity index (χ3v) is 4.05. The molecule has 0 atom stereocenters. The van der Waals surface area contributed by atoms with E-state index in [0.717, 1.165) is 41.9 Å². The van der Waals surface area contributed by atoms with Crippen LogP contribution in [-0.4, -0.2) is 23.6 Å². The van der Waals surface area contributed by atoms with Crippen LogP contribution in [0.4, 0.5) is 5.82 Å². The summed E-state index contributed by atoms with van der Waals surface area (Å²) in [5.74, 6) is 0.869. The van der Waals surface area contributed by atoms with E-state index in [9.17, 15) is 0 Å². The summed E-state index contributed by atoms with van der Waals surface area (Å²) in [5.41, 5.74) is 0.967. The van der Waals surface area contributed by atoms with Gasteiger partial charge in [0.2, 0.25) is 0 Å². The fourth-order valence-corrected chi connectivity index (χ4v) is 2.92. The first-order chi connectivity index (χ1) is 9.69. The average Bonchev–Trinajstić information content (AvgIpc) is 2.85. The number of thiophene rings is 1. The van der Waals surface area contributed by atoms with E-state index in [1.54, 1.807) is 11.3 Å². The summed E-state index contributed by atoms with van der Waals surface area (Å²) >= 11 is 7.53. The van der Waals surface area contributed by atoms with Gasteiger partial charge < -0.3 is 10.2 Å². The maximum absolute atomic E-state index is 5.94. The van der Waals surface area contributed by atoms with Crippen molar-refractivity contribution in [3.63, 3.8) is 0 Å². The molecule has 0 saturated carbocycles. The summed E-state index contributed by atoms with van der Waals surface area (Å²) in [4.78, 5) is 12.2. The van der Waals surface area contributed by atoms with Crippen molar-refractivity contribution in [2.75, 3.05) is 18.5 Å². The van der Waals surface area contributed by atoms with E-state index in [2.05, 4.69) is 27.1 Å². The minimum Gasteiger partial charge on any atom is -0.353 e. The van der Waals surface area contributed by atoms with Gasteiger partial charge in [0.05, 0.1) is 29.0 Å². The number of hydrogen-bond donors (Lipinski definition) is 1. The summed E-state index contributed by atoms with van der Waals surface area (Å²) in [6.07, 6.45) is 4.77. The first-order valence-electron chi connectivity index (χ1n) is 6.66. The van der Waals surface area contributed by atoms with Gasteiger partial charge in [-0.3, -0.25) is 4.98 Å². The molecule has 0 saturated heterocycles. The van der Waals surface area contributed by atoms with Crippen LogP contribution in [0.25, 0.3) is 0 Å². The van der Waals surface area contributed by atoms with Crippen molar-refractivity contribution in [2.45, 2.75) is 26.4 Å². The predicted octanol–water partition coefficient (Wildman–Crippen LogP) is 3.33. The molecule has 0 aliphatic rings. The Morgan fingerprint density at radius 2 is 2.15 bits per heavy atom. The van der Waals surface area contributed by atoms with E-state index in [4.69, 9.17) is 11.6 Å². The van der Waals surface area contributed by atoms with E-state index >= 15 is 0 Å². The normalized spacial score (nSPS) is 10.8. The van der Waals surface area contributed by atoms with Gasteiger partial charge in [0.25, 0.3) is 0 Å². The molecular weight excluding hydrogens is 292 g/mol. The second-order valence-corrected chi connectivity index (χ2v) is 6.40. The summed E-state index contributed by atoms with van der Waals surface area (Å²) in [7, 11) is 2.01. The highest BCUT2D eigenvalue weighted by molar-refractivity contribution is 7.16. The fourth-order valence-electron chi connectivity index (χ4n) is 1.78. The van der Waals surface area contributed by atoms with Crippen LogP contribution in [0.3, 0.4) is 0 Å². The van der Waals surface area contributed by atoms with Crippen LogP contribution in [0, 0.1) is 0 Å². The summed E-state index contributed by atoms with van der Waals surface area (Å²) < 4.78 is 0.817. The number of anilines is 1. The van der Waals surface area contributed by atoms with Gasteiger partial charge in [0.15, 0.2) is 0 Å². The second kappa shape index (κ2) is 7.57. The molecule has 0 aliphatic carbocycles. The Balaban J connectivity index is 1.91. The number of nitrogens with one attached hydrogen (secondary N) is 1. The molecule has 4 nitrogen and oxygen atoms in total. The molecule has 2 aromatic heterocycles. The van der Waals surface area contributed by atoms with Crippen LogP contribution in [-0.2, 0) is 13.1 Å². The van der Waals surface area contributed by atoms with Crippen molar-refractivity contribution < 1.29 is 0 Å². The van der Waals surface area contributed by atoms with Gasteiger partial charge >= 0.3 is 0 Å². The summed E-state index contributed by atoms with van der Waals surface area (Å²) in [5, 5.41) is 3.31. The highest BCUT2D eigenvalue weighted by atomic mass is 35.5. The van der Waals surface area contributed by atoms with Crippen molar-refractivity contribution in [3.05, 3.63) is 39.4 Å². The number of halogens is 1. The van der Waals surface area contributed by atoms with Crippen LogP contribution < -0.4 is 10.2 Å². The minimum atomic E-state index is 0.769. The SMILES string of the molecule is CCCNCc1cnc(N(C)Cc2ccc(Cl)s2)cn1. The molecule has 20 heavy (non-hydrogen) atoms. The Bertz CT molecular complexity index is 526. The monoisotopic (exact) mass is 310 g/mol. The van der Waals surface area contributed by atoms with Crippen LogP contribution in [0.2, 0.25) is 4.34 Å². The zero-order chi connectivity index (χ0) is 14.4. The van der Waals surface area contributed by atoms with Crippen molar-refractivity contribution in [3.8, 4) is 0 Å². The van der Waals surface area contributed by atoms with Gasteiger partial charge in [0.1, 0.15) is 5.82 Å². The molecule has 0 amide bonds. The van der Waals surface area contributed by atoms with E-state index in [1.807, 2.05) is 31.6 Å². The molecule has 0 radical (unpaired) electrons. The van der Waals surface area contributed by atoms with Gasteiger partial charge in [-0.05, 0) is 25.1 Å². The number of rotatable bonds is 7. The number of nitrogens with zero attached hydrogens (tertiary/aromatic N) is 3. The first-order valence-corrected chi connectivity index (χ1v) is 7.85. The Labute approximate surface area is 128 Å². The lowest BCUT2D eigenvalue weighted by molar-refractivity contribution is 0.661. The van der Waals surface area contributed by atoms with Gasteiger partial charge in [-0.2, -0.15) is 0 Å². The van der Waals surface area contributed by atoms with Crippen molar-refractivity contribution in [1.29, 1.82) is 0 Å². The summed E-state index contributed by atoms with van der Waals surface area (Å²) in [6, 6.07) is 3.96. The molecule has 2 aromatic rings. The molecular formula is C14H19ClN4S. The third-order valence-electron chi connectivity index (χ3n) is 2.84. The molecule has 6 heteroatoms. The minimum absolute atomic E-state index is 0.769. The summed E-state index contributed by atoms with van der Waals surface area (Å²) in [6.45, 7) is 4.71. The molecule has 2 heterocycles. The number of hydrogen-bond acceptors (Lipinski definition) is 5. The fraction of sp³-hybridized carbons (Fsp3) is 0.429. The van der Waals surface area contributed by atoms with E-state index in [0.29, 0.717) is 0 Å². The Morgan fingerprint density at radius 3 is 2.75 bits per heavy atom. The molecule has 0 spiro atoms. The van der Waals surface area contributed by atoms with Crippen LogP contribution >= 0.6 is 22.9 Å². The molecule has 2 rings (SSSR count). The van der Waals surface area contributed by atoms with Crippen molar-refractivity contribution >= 4 is 28.8 Å². The molecule has 0 fully saturated rings. The topological polar surface area (TPSA) is 41.1 Å². The maximum atomic E-state index is 5.94. The van der Waals surface area contributed by atoms with Crippen molar-refractivity contribution in [1.82, 2.24) is 15.3 Å². The lowest BCUT2D eigenvalue weighted by atomic mass is 10.4. The third kappa shape index (κ3) is 4.44. The Hall–Kier alpha value is -1.17. The standard InChI is InChI=1S/C14H19ClN4S/c1-3-6-16-7-11-8-18-14(9-17-11)19(2)10-12-4-5-13(15)20-12/h4-5,8-9,16H,3,6-7,10H2,1-2H3. The molecule has 0 unspecified atom stereocenters. The Kier molecular flexibility index (Phi) is 5.76. The smallest absolute Gasteiger partial charge is 0.147 e. The van der Waals surface area contributed by atoms with Crippen LogP contribution in [0.5, 0.6) is 0 Å². The van der Waals surface area contributed by atoms with Gasteiger partial charge in [-0.15, -0.1) is 11.3 Å². The lowest BCUT2D eigenvalue weighted by Crippen LogP contribution is -2.18. The van der Waals surface area contributed by atoms with Crippen molar-refractivity contribution in [2.24, 2.45) is 0 Å². The van der Waals surface area contributed by atoms with E-state index in [1.165, 1.54) is 4.88 Å². The zero-order valence-electron chi connectivity index (χ0n) is 11.8. The largest absolute Gasteiger partial charge is 0.353 e. The second-order valence-electron chi connectivity index (χ2n) is 4.60. The molecule has 108 valence electrons. The lowest BCUT2D eigenvalue weighted by Gasteiger charge is -2.16. The number of aromatic nitrogens is 2. The predicted molar refractivity (Wildman–Crippen MR) is 85.5 cm³/mol. The molecule has 0 aromatic carbocycles. The quantitative estimate of drug-likeness (QED) is 0.796. The Morgan fingerprint density at radius 1 is 1.30 bits per heavy atom. The van der Waals surface area contributed by atoms with Gasteiger partial charge in [-0.1, -0.05) is 18.5 Å². The zero-order valence-corrected chi connectivity index (χ0v) is 13.3. The van der Waals surface area contributed by atoms with Crippen LogP contribution in [0.15, 0.2) is 24.5 Å².